The number of thioether (sulfide) groups is 1. The predicted octanol–water partition coefficient (Wildman–Crippen LogP) is 4.44. The maximum atomic E-state index is 12.2. The van der Waals surface area contributed by atoms with E-state index in [0.717, 1.165) is 12.8 Å². The van der Waals surface area contributed by atoms with Crippen molar-refractivity contribution >= 4 is 17.9 Å². The molecule has 1 atom stereocenters. The SMILES string of the molecule is CCC1(OCCSC(F)(F)F)CCCN(C(=O)OC(C)(C)C)C1. The first kappa shape index (κ1) is 20.4. The maximum absolute atomic E-state index is 12.2. The fourth-order valence-electron chi connectivity index (χ4n) is 2.50. The van der Waals surface area contributed by atoms with E-state index >= 15 is 0 Å². The Balaban J connectivity index is 2.55. The third-order valence-electron chi connectivity index (χ3n) is 3.59. The molecule has 0 aromatic rings. The molecule has 1 amide bonds. The second-order valence-corrected chi connectivity index (χ2v) is 7.84. The van der Waals surface area contributed by atoms with Crippen molar-refractivity contribution in [2.24, 2.45) is 0 Å². The number of halogens is 3. The molecule has 1 fully saturated rings. The van der Waals surface area contributed by atoms with Crippen LogP contribution in [0.25, 0.3) is 0 Å². The van der Waals surface area contributed by atoms with Gasteiger partial charge >= 0.3 is 11.6 Å². The Labute approximate surface area is 140 Å². The molecule has 4 nitrogen and oxygen atoms in total. The molecule has 1 heterocycles. The molecule has 1 aliphatic heterocycles. The van der Waals surface area contributed by atoms with E-state index in [0.29, 0.717) is 19.5 Å². The largest absolute Gasteiger partial charge is 0.444 e. The third-order valence-corrected chi connectivity index (χ3v) is 4.29. The lowest BCUT2D eigenvalue weighted by molar-refractivity contribution is -0.0887. The second kappa shape index (κ2) is 7.96. The normalized spacial score (nSPS) is 23.0. The molecule has 0 spiro atoms. The number of likely N-dealkylation sites (tertiary alicyclic amines) is 1. The van der Waals surface area contributed by atoms with Gasteiger partial charge in [0.15, 0.2) is 0 Å². The summed E-state index contributed by atoms with van der Waals surface area (Å²) >= 11 is -0.0839. The van der Waals surface area contributed by atoms with Crippen LogP contribution in [0.15, 0.2) is 0 Å². The number of amides is 1. The van der Waals surface area contributed by atoms with Crippen molar-refractivity contribution in [2.75, 3.05) is 25.4 Å². The number of alkyl halides is 3. The molecule has 1 aliphatic rings. The average molecular weight is 357 g/mol. The molecule has 0 bridgehead atoms. The van der Waals surface area contributed by atoms with Crippen molar-refractivity contribution in [3.8, 4) is 0 Å². The van der Waals surface area contributed by atoms with Gasteiger partial charge in [0.25, 0.3) is 0 Å². The Hall–Kier alpha value is -0.630. The zero-order valence-corrected chi connectivity index (χ0v) is 15.0. The summed E-state index contributed by atoms with van der Waals surface area (Å²) in [5, 5.41) is 0. The first-order valence-electron chi connectivity index (χ1n) is 7.79. The number of carbonyl (C=O) groups excluding carboxylic acids is 1. The first-order valence-corrected chi connectivity index (χ1v) is 8.77. The molecule has 8 heteroatoms. The smallest absolute Gasteiger partial charge is 0.441 e. The van der Waals surface area contributed by atoms with Crippen molar-refractivity contribution in [2.45, 2.75) is 63.7 Å². The minimum atomic E-state index is -4.24. The molecule has 136 valence electrons. The summed E-state index contributed by atoms with van der Waals surface area (Å²) in [5.41, 5.74) is -5.40. The summed E-state index contributed by atoms with van der Waals surface area (Å²) in [7, 11) is 0. The van der Waals surface area contributed by atoms with Crippen LogP contribution in [0.4, 0.5) is 18.0 Å². The number of piperidine rings is 1. The summed E-state index contributed by atoms with van der Waals surface area (Å²) in [4.78, 5) is 13.8. The van der Waals surface area contributed by atoms with E-state index in [1.54, 1.807) is 25.7 Å². The molecule has 1 saturated heterocycles. The Morgan fingerprint density at radius 1 is 1.30 bits per heavy atom. The highest BCUT2D eigenvalue weighted by Gasteiger charge is 2.38. The van der Waals surface area contributed by atoms with Gasteiger partial charge in [0.1, 0.15) is 5.60 Å². The van der Waals surface area contributed by atoms with Crippen molar-refractivity contribution < 1.29 is 27.4 Å². The monoisotopic (exact) mass is 357 g/mol. The molecule has 23 heavy (non-hydrogen) atoms. The minimum absolute atomic E-state index is 0.0141. The van der Waals surface area contributed by atoms with E-state index in [-0.39, 0.29) is 24.1 Å². The highest BCUT2D eigenvalue weighted by atomic mass is 32.2. The van der Waals surface area contributed by atoms with Crippen molar-refractivity contribution in [1.82, 2.24) is 4.90 Å². The molecular weight excluding hydrogens is 331 g/mol. The van der Waals surface area contributed by atoms with Crippen molar-refractivity contribution in [1.29, 1.82) is 0 Å². The van der Waals surface area contributed by atoms with Crippen LogP contribution in [0.5, 0.6) is 0 Å². The fraction of sp³-hybridized carbons (Fsp3) is 0.933. The molecule has 0 radical (unpaired) electrons. The Morgan fingerprint density at radius 3 is 2.48 bits per heavy atom. The topological polar surface area (TPSA) is 38.8 Å². The predicted molar refractivity (Wildman–Crippen MR) is 84.5 cm³/mol. The van der Waals surface area contributed by atoms with E-state index in [1.807, 2.05) is 6.92 Å². The average Bonchev–Trinajstić information content (AvgIpc) is 2.41. The lowest BCUT2D eigenvalue weighted by Gasteiger charge is -2.42. The van der Waals surface area contributed by atoms with Crippen LogP contribution in [-0.2, 0) is 9.47 Å². The van der Waals surface area contributed by atoms with Crippen LogP contribution < -0.4 is 0 Å². The summed E-state index contributed by atoms with van der Waals surface area (Å²) < 4.78 is 47.6. The minimum Gasteiger partial charge on any atom is -0.444 e. The van der Waals surface area contributed by atoms with Gasteiger partial charge in [-0.1, -0.05) is 6.92 Å². The summed E-state index contributed by atoms with van der Waals surface area (Å²) in [6.45, 7) is 8.27. The Bertz CT molecular complexity index is 398. The zero-order chi connectivity index (χ0) is 17.7. The molecule has 1 rings (SSSR count). The molecule has 0 N–H and O–H groups in total. The van der Waals surface area contributed by atoms with Gasteiger partial charge in [0.05, 0.1) is 18.8 Å². The molecule has 0 aliphatic carbocycles. The highest BCUT2D eigenvalue weighted by Crippen LogP contribution is 2.32. The summed E-state index contributed by atoms with van der Waals surface area (Å²) in [6.07, 6.45) is 1.73. The standard InChI is InChI=1S/C15H26F3NO3S/c1-5-14(21-9-10-23-15(16,17)18)7-6-8-19(11-14)12(20)22-13(2,3)4/h5-11H2,1-4H3. The highest BCUT2D eigenvalue weighted by molar-refractivity contribution is 8.00. The third kappa shape index (κ3) is 7.65. The van der Waals surface area contributed by atoms with E-state index in [1.165, 1.54) is 0 Å². The number of hydrogen-bond donors (Lipinski definition) is 0. The van der Waals surface area contributed by atoms with Crippen LogP contribution in [0, 0.1) is 0 Å². The molecule has 0 aromatic heterocycles. The molecular formula is C15H26F3NO3S. The number of rotatable bonds is 5. The number of carbonyl (C=O) groups is 1. The quantitative estimate of drug-likeness (QED) is 0.682. The van der Waals surface area contributed by atoms with Gasteiger partial charge in [-0.05, 0) is 51.8 Å². The van der Waals surface area contributed by atoms with Crippen LogP contribution in [-0.4, -0.2) is 53.2 Å². The van der Waals surface area contributed by atoms with E-state index < -0.39 is 22.8 Å². The van der Waals surface area contributed by atoms with Gasteiger partial charge in [0.2, 0.25) is 0 Å². The van der Waals surface area contributed by atoms with Gasteiger partial charge < -0.3 is 14.4 Å². The van der Waals surface area contributed by atoms with Gasteiger partial charge in [0, 0.05) is 12.3 Å². The lowest BCUT2D eigenvalue weighted by Crippen LogP contribution is -2.52. The fourth-order valence-corrected chi connectivity index (χ4v) is 2.90. The van der Waals surface area contributed by atoms with Crippen LogP contribution in [0.3, 0.4) is 0 Å². The van der Waals surface area contributed by atoms with Crippen LogP contribution in [0.1, 0.15) is 47.0 Å². The molecule has 0 saturated carbocycles. The Morgan fingerprint density at radius 2 is 1.96 bits per heavy atom. The zero-order valence-electron chi connectivity index (χ0n) is 14.2. The second-order valence-electron chi connectivity index (χ2n) is 6.68. The van der Waals surface area contributed by atoms with Gasteiger partial charge in [-0.3, -0.25) is 0 Å². The van der Waals surface area contributed by atoms with E-state index in [4.69, 9.17) is 9.47 Å². The van der Waals surface area contributed by atoms with Crippen molar-refractivity contribution in [3.05, 3.63) is 0 Å². The van der Waals surface area contributed by atoms with E-state index in [2.05, 4.69) is 0 Å². The Kier molecular flexibility index (Phi) is 7.07. The first-order chi connectivity index (χ1) is 10.5. The van der Waals surface area contributed by atoms with Gasteiger partial charge in [-0.25, -0.2) is 4.79 Å². The number of nitrogens with zero attached hydrogens (tertiary/aromatic N) is 1. The molecule has 1 unspecified atom stereocenters. The van der Waals surface area contributed by atoms with Crippen LogP contribution in [0.2, 0.25) is 0 Å². The van der Waals surface area contributed by atoms with Crippen LogP contribution >= 0.6 is 11.8 Å². The van der Waals surface area contributed by atoms with Gasteiger partial charge in [-0.2, -0.15) is 13.2 Å². The number of ether oxygens (including phenoxy) is 2. The number of hydrogen-bond acceptors (Lipinski definition) is 4. The summed E-state index contributed by atoms with van der Waals surface area (Å²) in [5.74, 6) is -0.141. The maximum Gasteiger partial charge on any atom is 0.441 e. The van der Waals surface area contributed by atoms with Gasteiger partial charge in [-0.15, -0.1) is 0 Å². The lowest BCUT2D eigenvalue weighted by atomic mass is 9.90. The molecule has 0 aromatic carbocycles. The summed E-state index contributed by atoms with van der Waals surface area (Å²) in [6, 6.07) is 0. The van der Waals surface area contributed by atoms with Crippen molar-refractivity contribution in [3.63, 3.8) is 0 Å². The van der Waals surface area contributed by atoms with E-state index in [9.17, 15) is 18.0 Å².